The molecule has 1 heterocycles. The molecule has 0 bridgehead atoms. The Hall–Kier alpha value is -1.74. The van der Waals surface area contributed by atoms with Gasteiger partial charge in [0.05, 0.1) is 5.69 Å². The van der Waals surface area contributed by atoms with Crippen LogP contribution in [0, 0.1) is 0 Å². The fourth-order valence-electron chi connectivity index (χ4n) is 2.56. The molecular formula is C15H17N3. The highest BCUT2D eigenvalue weighted by molar-refractivity contribution is 5.55. The zero-order valence-electron chi connectivity index (χ0n) is 10.6. The Labute approximate surface area is 107 Å². The van der Waals surface area contributed by atoms with Crippen LogP contribution in [-0.2, 0) is 6.42 Å². The van der Waals surface area contributed by atoms with E-state index in [-0.39, 0.29) is 0 Å². The largest absolute Gasteiger partial charge is 0.312 e. The zero-order valence-corrected chi connectivity index (χ0v) is 10.6. The first-order chi connectivity index (χ1) is 8.88. The molecule has 2 aromatic rings. The molecule has 18 heavy (non-hydrogen) atoms. The fraction of sp³-hybridized carbons (Fsp3) is 0.333. The Morgan fingerprint density at radius 2 is 2.06 bits per heavy atom. The van der Waals surface area contributed by atoms with Crippen molar-refractivity contribution in [2.24, 2.45) is 0 Å². The van der Waals surface area contributed by atoms with Gasteiger partial charge in [-0.2, -0.15) is 0 Å². The predicted molar refractivity (Wildman–Crippen MR) is 72.2 cm³/mol. The lowest BCUT2D eigenvalue weighted by molar-refractivity contribution is 0.482. The van der Waals surface area contributed by atoms with Crippen molar-refractivity contribution in [3.63, 3.8) is 0 Å². The smallest absolute Gasteiger partial charge is 0.159 e. The van der Waals surface area contributed by atoms with E-state index in [2.05, 4.69) is 22.4 Å². The SMILES string of the molecule is CNC1CCCc2cnc(-c3ccccc3)nc21. The Bertz CT molecular complexity index is 537. The molecule has 1 aliphatic rings. The number of hydrogen-bond acceptors (Lipinski definition) is 3. The summed E-state index contributed by atoms with van der Waals surface area (Å²) in [5.74, 6) is 0.830. The number of nitrogens with one attached hydrogen (secondary N) is 1. The van der Waals surface area contributed by atoms with E-state index < -0.39 is 0 Å². The Kier molecular flexibility index (Phi) is 3.07. The molecule has 1 atom stereocenters. The molecule has 3 nitrogen and oxygen atoms in total. The summed E-state index contributed by atoms with van der Waals surface area (Å²) in [5.41, 5.74) is 3.55. The van der Waals surface area contributed by atoms with Crippen molar-refractivity contribution in [1.29, 1.82) is 0 Å². The van der Waals surface area contributed by atoms with Crippen molar-refractivity contribution in [3.05, 3.63) is 47.8 Å². The molecule has 1 unspecified atom stereocenters. The average molecular weight is 239 g/mol. The van der Waals surface area contributed by atoms with Crippen LogP contribution in [0.15, 0.2) is 36.5 Å². The van der Waals surface area contributed by atoms with Gasteiger partial charge >= 0.3 is 0 Å². The summed E-state index contributed by atoms with van der Waals surface area (Å²) in [7, 11) is 2.00. The van der Waals surface area contributed by atoms with Crippen LogP contribution in [0.5, 0.6) is 0 Å². The third-order valence-corrected chi connectivity index (χ3v) is 3.55. The molecule has 0 radical (unpaired) electrons. The van der Waals surface area contributed by atoms with E-state index in [1.807, 2.05) is 31.4 Å². The molecule has 0 amide bonds. The van der Waals surface area contributed by atoms with Gasteiger partial charge in [-0.05, 0) is 31.9 Å². The number of benzene rings is 1. The topological polar surface area (TPSA) is 37.8 Å². The number of fused-ring (bicyclic) bond motifs is 1. The van der Waals surface area contributed by atoms with E-state index in [1.54, 1.807) is 0 Å². The lowest BCUT2D eigenvalue weighted by Crippen LogP contribution is -2.23. The van der Waals surface area contributed by atoms with Gasteiger partial charge in [0.25, 0.3) is 0 Å². The van der Waals surface area contributed by atoms with E-state index >= 15 is 0 Å². The molecule has 0 saturated carbocycles. The van der Waals surface area contributed by atoms with Crippen molar-refractivity contribution >= 4 is 0 Å². The lowest BCUT2D eigenvalue weighted by Gasteiger charge is -2.24. The van der Waals surface area contributed by atoms with Crippen LogP contribution in [-0.4, -0.2) is 17.0 Å². The second kappa shape index (κ2) is 4.86. The van der Waals surface area contributed by atoms with Gasteiger partial charge in [0.15, 0.2) is 5.82 Å². The molecule has 92 valence electrons. The first-order valence-electron chi connectivity index (χ1n) is 6.47. The molecule has 0 fully saturated rings. The average Bonchev–Trinajstić information content (AvgIpc) is 2.47. The minimum atomic E-state index is 0.374. The highest BCUT2D eigenvalue weighted by Gasteiger charge is 2.21. The molecular weight excluding hydrogens is 222 g/mol. The first kappa shape index (κ1) is 11.4. The van der Waals surface area contributed by atoms with Gasteiger partial charge in [0, 0.05) is 17.8 Å². The van der Waals surface area contributed by atoms with Crippen molar-refractivity contribution in [1.82, 2.24) is 15.3 Å². The van der Waals surface area contributed by atoms with Crippen LogP contribution in [0.2, 0.25) is 0 Å². The number of nitrogens with zero attached hydrogens (tertiary/aromatic N) is 2. The molecule has 0 aliphatic heterocycles. The minimum absolute atomic E-state index is 0.374. The van der Waals surface area contributed by atoms with Crippen LogP contribution >= 0.6 is 0 Å². The van der Waals surface area contributed by atoms with Crippen LogP contribution in [0.3, 0.4) is 0 Å². The molecule has 1 aromatic carbocycles. The zero-order chi connectivity index (χ0) is 12.4. The van der Waals surface area contributed by atoms with Crippen molar-refractivity contribution in [2.75, 3.05) is 7.05 Å². The summed E-state index contributed by atoms with van der Waals surface area (Å²) < 4.78 is 0. The van der Waals surface area contributed by atoms with Gasteiger partial charge in [-0.3, -0.25) is 0 Å². The Balaban J connectivity index is 2.04. The van der Waals surface area contributed by atoms with Gasteiger partial charge in [0.1, 0.15) is 0 Å². The van der Waals surface area contributed by atoms with Gasteiger partial charge in [-0.1, -0.05) is 30.3 Å². The summed E-state index contributed by atoms with van der Waals surface area (Å²) in [6, 6.07) is 10.5. The summed E-state index contributed by atoms with van der Waals surface area (Å²) in [6.45, 7) is 0. The van der Waals surface area contributed by atoms with Crippen molar-refractivity contribution in [2.45, 2.75) is 25.3 Å². The highest BCUT2D eigenvalue weighted by atomic mass is 15.0. The van der Waals surface area contributed by atoms with Gasteiger partial charge in [-0.25, -0.2) is 9.97 Å². The normalized spacial score (nSPS) is 18.4. The maximum absolute atomic E-state index is 4.76. The maximum atomic E-state index is 4.76. The predicted octanol–water partition coefficient (Wildman–Crippen LogP) is 2.74. The highest BCUT2D eigenvalue weighted by Crippen LogP contribution is 2.28. The molecule has 1 aromatic heterocycles. The standard InChI is InChI=1S/C15H17N3/c1-16-13-9-5-8-12-10-17-15(18-14(12)13)11-6-3-2-4-7-11/h2-4,6-7,10,13,16H,5,8-9H2,1H3. The monoisotopic (exact) mass is 239 g/mol. The maximum Gasteiger partial charge on any atom is 0.159 e. The quantitative estimate of drug-likeness (QED) is 0.875. The van der Waals surface area contributed by atoms with Gasteiger partial charge in [0.2, 0.25) is 0 Å². The van der Waals surface area contributed by atoms with Crippen molar-refractivity contribution in [3.8, 4) is 11.4 Å². The number of aryl methyl sites for hydroxylation is 1. The van der Waals surface area contributed by atoms with Crippen LogP contribution < -0.4 is 5.32 Å². The molecule has 3 heteroatoms. The van der Waals surface area contributed by atoms with Crippen LogP contribution in [0.25, 0.3) is 11.4 Å². The third-order valence-electron chi connectivity index (χ3n) is 3.55. The Morgan fingerprint density at radius 3 is 2.83 bits per heavy atom. The van der Waals surface area contributed by atoms with Crippen LogP contribution in [0.4, 0.5) is 0 Å². The van der Waals surface area contributed by atoms with E-state index in [9.17, 15) is 0 Å². The molecule has 0 saturated heterocycles. The number of rotatable bonds is 2. The second-order valence-corrected chi connectivity index (χ2v) is 4.70. The van der Waals surface area contributed by atoms with E-state index in [0.29, 0.717) is 6.04 Å². The number of hydrogen-bond donors (Lipinski definition) is 1. The molecule has 0 spiro atoms. The van der Waals surface area contributed by atoms with E-state index in [4.69, 9.17) is 4.98 Å². The first-order valence-corrected chi connectivity index (χ1v) is 6.47. The molecule has 1 aliphatic carbocycles. The van der Waals surface area contributed by atoms with Crippen molar-refractivity contribution < 1.29 is 0 Å². The van der Waals surface area contributed by atoms with Gasteiger partial charge in [-0.15, -0.1) is 0 Å². The minimum Gasteiger partial charge on any atom is -0.312 e. The molecule has 3 rings (SSSR count). The van der Waals surface area contributed by atoms with Gasteiger partial charge < -0.3 is 5.32 Å². The van der Waals surface area contributed by atoms with E-state index in [1.165, 1.54) is 17.7 Å². The van der Waals surface area contributed by atoms with E-state index in [0.717, 1.165) is 24.2 Å². The summed E-state index contributed by atoms with van der Waals surface area (Å²) in [4.78, 5) is 9.25. The molecule has 1 N–H and O–H groups in total. The second-order valence-electron chi connectivity index (χ2n) is 4.70. The van der Waals surface area contributed by atoms with Crippen LogP contribution in [0.1, 0.15) is 30.1 Å². The number of aromatic nitrogens is 2. The summed E-state index contributed by atoms with van der Waals surface area (Å²) >= 11 is 0. The summed E-state index contributed by atoms with van der Waals surface area (Å²) in [6.07, 6.45) is 5.47. The fourth-order valence-corrected chi connectivity index (χ4v) is 2.56. The third kappa shape index (κ3) is 2.02. The summed E-state index contributed by atoms with van der Waals surface area (Å²) in [5, 5.41) is 3.35. The Morgan fingerprint density at radius 1 is 1.22 bits per heavy atom. The lowest BCUT2D eigenvalue weighted by atomic mass is 9.93.